The van der Waals surface area contributed by atoms with Crippen LogP contribution in [0.2, 0.25) is 0 Å². The quantitative estimate of drug-likeness (QED) is 0.678. The zero-order chi connectivity index (χ0) is 14.7. The number of ether oxygens (including phenoxy) is 1. The lowest BCUT2D eigenvalue weighted by Crippen LogP contribution is -2.05. The molecule has 0 spiro atoms. The molecule has 2 aromatic rings. The minimum atomic E-state index is -0.204. The van der Waals surface area contributed by atoms with Gasteiger partial charge in [0.15, 0.2) is 0 Å². The SMILES string of the molecule is Cc1cc(F)cc(C(Br)c2ccc(OC(C)C)cc2)c1. The van der Waals surface area contributed by atoms with Crippen molar-refractivity contribution in [2.24, 2.45) is 0 Å². The van der Waals surface area contributed by atoms with E-state index < -0.39 is 0 Å². The Morgan fingerprint density at radius 3 is 2.20 bits per heavy atom. The Hall–Kier alpha value is -1.35. The predicted molar refractivity (Wildman–Crippen MR) is 84.1 cm³/mol. The molecule has 0 amide bonds. The molecule has 0 bridgehead atoms. The molecule has 3 heteroatoms. The minimum absolute atomic E-state index is 0.0231. The smallest absolute Gasteiger partial charge is 0.123 e. The summed E-state index contributed by atoms with van der Waals surface area (Å²) in [6.45, 7) is 5.89. The average molecular weight is 337 g/mol. The number of halogens is 2. The summed E-state index contributed by atoms with van der Waals surface area (Å²) in [7, 11) is 0. The zero-order valence-corrected chi connectivity index (χ0v) is 13.4. The van der Waals surface area contributed by atoms with Gasteiger partial charge in [0.25, 0.3) is 0 Å². The molecule has 106 valence electrons. The van der Waals surface area contributed by atoms with Gasteiger partial charge in [0.2, 0.25) is 0 Å². The van der Waals surface area contributed by atoms with E-state index in [0.717, 1.165) is 22.4 Å². The Labute approximate surface area is 127 Å². The average Bonchev–Trinajstić information content (AvgIpc) is 2.37. The summed E-state index contributed by atoms with van der Waals surface area (Å²) < 4.78 is 19.1. The lowest BCUT2D eigenvalue weighted by Gasteiger charge is -2.14. The van der Waals surface area contributed by atoms with Gasteiger partial charge in [0.05, 0.1) is 10.9 Å². The molecule has 0 saturated carbocycles. The first-order valence-electron chi connectivity index (χ1n) is 6.63. The third kappa shape index (κ3) is 3.83. The van der Waals surface area contributed by atoms with Crippen LogP contribution in [-0.2, 0) is 0 Å². The highest BCUT2D eigenvalue weighted by Crippen LogP contribution is 2.32. The molecule has 0 aliphatic carbocycles. The summed E-state index contributed by atoms with van der Waals surface area (Å²) in [5, 5.41) is 0. The zero-order valence-electron chi connectivity index (χ0n) is 11.9. The Kier molecular flexibility index (Phi) is 4.81. The number of benzene rings is 2. The third-order valence-corrected chi connectivity index (χ3v) is 3.96. The lowest BCUT2D eigenvalue weighted by molar-refractivity contribution is 0.242. The first-order chi connectivity index (χ1) is 9.45. The van der Waals surface area contributed by atoms with Gasteiger partial charge in [-0.15, -0.1) is 0 Å². The summed E-state index contributed by atoms with van der Waals surface area (Å²) in [6, 6.07) is 13.0. The van der Waals surface area contributed by atoms with Gasteiger partial charge in [-0.25, -0.2) is 4.39 Å². The van der Waals surface area contributed by atoms with Crippen LogP contribution < -0.4 is 4.74 Å². The van der Waals surface area contributed by atoms with Crippen molar-refractivity contribution in [3.63, 3.8) is 0 Å². The molecular formula is C17H18BrFO. The van der Waals surface area contributed by atoms with Gasteiger partial charge in [-0.05, 0) is 61.7 Å². The summed E-state index contributed by atoms with van der Waals surface area (Å²) in [5.74, 6) is 0.642. The maximum atomic E-state index is 13.5. The van der Waals surface area contributed by atoms with Crippen LogP contribution in [0, 0.1) is 12.7 Å². The van der Waals surface area contributed by atoms with Crippen molar-refractivity contribution in [3.8, 4) is 5.75 Å². The van der Waals surface area contributed by atoms with Crippen molar-refractivity contribution in [2.75, 3.05) is 0 Å². The van der Waals surface area contributed by atoms with Crippen molar-refractivity contribution in [2.45, 2.75) is 31.7 Å². The minimum Gasteiger partial charge on any atom is -0.491 e. The molecule has 0 aromatic heterocycles. The highest BCUT2D eigenvalue weighted by molar-refractivity contribution is 9.09. The van der Waals surface area contributed by atoms with E-state index in [0.29, 0.717) is 0 Å². The standard InChI is InChI=1S/C17H18BrFO/c1-11(2)20-16-6-4-13(5-7-16)17(18)14-8-12(3)9-15(19)10-14/h4-11,17H,1-3H3. The van der Waals surface area contributed by atoms with Crippen LogP contribution in [0.1, 0.15) is 35.4 Å². The molecule has 0 fully saturated rings. The number of aryl methyl sites for hydroxylation is 1. The highest BCUT2D eigenvalue weighted by Gasteiger charge is 2.12. The Morgan fingerprint density at radius 1 is 1.00 bits per heavy atom. The maximum Gasteiger partial charge on any atom is 0.123 e. The number of rotatable bonds is 4. The topological polar surface area (TPSA) is 9.23 Å². The Morgan fingerprint density at radius 2 is 1.65 bits per heavy atom. The van der Waals surface area contributed by atoms with Crippen molar-refractivity contribution in [3.05, 3.63) is 65.0 Å². The van der Waals surface area contributed by atoms with Gasteiger partial charge < -0.3 is 4.74 Å². The van der Waals surface area contributed by atoms with Crippen LogP contribution in [0.5, 0.6) is 5.75 Å². The maximum absolute atomic E-state index is 13.5. The summed E-state index contributed by atoms with van der Waals surface area (Å²) >= 11 is 3.63. The second kappa shape index (κ2) is 6.40. The van der Waals surface area contributed by atoms with E-state index in [-0.39, 0.29) is 16.7 Å². The van der Waals surface area contributed by atoms with Crippen molar-refractivity contribution >= 4 is 15.9 Å². The van der Waals surface area contributed by atoms with Gasteiger partial charge in [-0.1, -0.05) is 34.1 Å². The molecule has 0 N–H and O–H groups in total. The monoisotopic (exact) mass is 336 g/mol. The third-order valence-electron chi connectivity index (χ3n) is 2.90. The molecule has 1 nitrogen and oxygen atoms in total. The van der Waals surface area contributed by atoms with Crippen molar-refractivity contribution in [1.29, 1.82) is 0 Å². The van der Waals surface area contributed by atoms with Gasteiger partial charge in [-0.2, -0.15) is 0 Å². The largest absolute Gasteiger partial charge is 0.491 e. The summed E-state index contributed by atoms with van der Waals surface area (Å²) in [6.07, 6.45) is 0.159. The van der Waals surface area contributed by atoms with E-state index in [9.17, 15) is 4.39 Å². The van der Waals surface area contributed by atoms with Crippen molar-refractivity contribution < 1.29 is 9.13 Å². The molecule has 0 heterocycles. The van der Waals surface area contributed by atoms with E-state index in [1.54, 1.807) is 6.07 Å². The molecule has 0 radical (unpaired) electrons. The fraction of sp³-hybridized carbons (Fsp3) is 0.294. The second-order valence-corrected chi connectivity index (χ2v) is 6.08. The van der Waals surface area contributed by atoms with E-state index in [1.165, 1.54) is 6.07 Å². The van der Waals surface area contributed by atoms with Crippen LogP contribution in [0.4, 0.5) is 4.39 Å². The Bertz CT molecular complexity index is 558. The van der Waals surface area contributed by atoms with E-state index >= 15 is 0 Å². The van der Waals surface area contributed by atoms with Gasteiger partial charge >= 0.3 is 0 Å². The second-order valence-electron chi connectivity index (χ2n) is 5.16. The van der Waals surface area contributed by atoms with E-state index in [1.807, 2.05) is 51.1 Å². The lowest BCUT2D eigenvalue weighted by atomic mass is 10.0. The van der Waals surface area contributed by atoms with E-state index in [2.05, 4.69) is 15.9 Å². The number of alkyl halides is 1. The fourth-order valence-electron chi connectivity index (χ4n) is 2.09. The first-order valence-corrected chi connectivity index (χ1v) is 7.55. The molecule has 0 saturated heterocycles. The number of hydrogen-bond donors (Lipinski definition) is 0. The molecule has 2 aromatic carbocycles. The first kappa shape index (κ1) is 15.0. The number of hydrogen-bond acceptors (Lipinski definition) is 1. The normalized spacial score (nSPS) is 12.5. The van der Waals surface area contributed by atoms with Crippen LogP contribution in [-0.4, -0.2) is 6.10 Å². The summed E-state index contributed by atoms with van der Waals surface area (Å²) in [4.78, 5) is -0.0231. The molecule has 0 aliphatic heterocycles. The van der Waals surface area contributed by atoms with Gasteiger partial charge in [0.1, 0.15) is 11.6 Å². The molecule has 1 unspecified atom stereocenters. The molecular weight excluding hydrogens is 319 g/mol. The molecule has 0 aliphatic rings. The molecule has 2 rings (SSSR count). The van der Waals surface area contributed by atoms with Crippen LogP contribution in [0.25, 0.3) is 0 Å². The van der Waals surface area contributed by atoms with Crippen LogP contribution in [0.15, 0.2) is 42.5 Å². The predicted octanol–water partition coefficient (Wildman–Crippen LogP) is 5.41. The fourth-order valence-corrected chi connectivity index (χ4v) is 2.66. The van der Waals surface area contributed by atoms with Crippen LogP contribution >= 0.6 is 15.9 Å². The Balaban J connectivity index is 2.22. The summed E-state index contributed by atoms with van der Waals surface area (Å²) in [5.41, 5.74) is 2.91. The van der Waals surface area contributed by atoms with Gasteiger partial charge in [0, 0.05) is 0 Å². The van der Waals surface area contributed by atoms with E-state index in [4.69, 9.17) is 4.74 Å². The van der Waals surface area contributed by atoms with Crippen LogP contribution in [0.3, 0.4) is 0 Å². The molecule has 1 atom stereocenters. The van der Waals surface area contributed by atoms with Gasteiger partial charge in [-0.3, -0.25) is 0 Å². The highest BCUT2D eigenvalue weighted by atomic mass is 79.9. The molecule has 20 heavy (non-hydrogen) atoms. The van der Waals surface area contributed by atoms with Crippen molar-refractivity contribution in [1.82, 2.24) is 0 Å².